The van der Waals surface area contributed by atoms with E-state index in [1.165, 1.54) is 40.9 Å². The Morgan fingerprint density at radius 1 is 1.25 bits per heavy atom. The topological polar surface area (TPSA) is 109 Å². The van der Waals surface area contributed by atoms with Crippen LogP contribution in [0.5, 0.6) is 0 Å². The number of halogens is 4. The second-order valence-electron chi connectivity index (χ2n) is 9.33. The van der Waals surface area contributed by atoms with Gasteiger partial charge in [0.05, 0.1) is 29.7 Å². The van der Waals surface area contributed by atoms with Crippen molar-refractivity contribution in [3.8, 4) is 5.69 Å². The highest BCUT2D eigenvalue weighted by molar-refractivity contribution is 9.10. The van der Waals surface area contributed by atoms with Crippen LogP contribution in [0.3, 0.4) is 0 Å². The van der Waals surface area contributed by atoms with Crippen LogP contribution in [0.25, 0.3) is 5.69 Å². The molecule has 2 aromatic heterocycles. The van der Waals surface area contributed by atoms with E-state index in [9.17, 15) is 27.6 Å². The summed E-state index contributed by atoms with van der Waals surface area (Å²) in [6, 6.07) is 5.59. The third-order valence-corrected chi connectivity index (χ3v) is 7.26. The molecule has 1 aliphatic rings. The smallest absolute Gasteiger partial charge is 0.354 e. The third kappa shape index (κ3) is 5.64. The monoisotopic (exact) mass is 618 g/mol. The van der Waals surface area contributed by atoms with Gasteiger partial charge in [-0.05, 0) is 50.6 Å². The maximum absolute atomic E-state index is 13.8. The second kappa shape index (κ2) is 11.2. The normalized spacial score (nSPS) is 15.7. The first-order chi connectivity index (χ1) is 18.8. The van der Waals surface area contributed by atoms with Crippen LogP contribution in [0.2, 0.25) is 0 Å². The predicted octanol–water partition coefficient (Wildman–Crippen LogP) is 4.34. The quantitative estimate of drug-likeness (QED) is 0.398. The summed E-state index contributed by atoms with van der Waals surface area (Å²) in [5.74, 6) is -0.825. The highest BCUT2D eigenvalue weighted by atomic mass is 79.9. The Kier molecular flexibility index (Phi) is 8.15. The van der Waals surface area contributed by atoms with Crippen LogP contribution < -0.4 is 16.2 Å². The van der Waals surface area contributed by atoms with Crippen LogP contribution in [0.4, 0.5) is 19.1 Å². The average molecular weight is 619 g/mol. The van der Waals surface area contributed by atoms with Gasteiger partial charge >= 0.3 is 6.18 Å². The lowest BCUT2D eigenvalue weighted by Crippen LogP contribution is -2.46. The van der Waals surface area contributed by atoms with E-state index in [4.69, 9.17) is 0 Å². The number of nitrogens with zero attached hydrogens (tertiary/aromatic N) is 4. The summed E-state index contributed by atoms with van der Waals surface area (Å²) < 4.78 is 41.5. The number of aromatic nitrogens is 3. The third-order valence-electron chi connectivity index (χ3n) is 6.57. The predicted molar refractivity (Wildman–Crippen MR) is 146 cm³/mol. The van der Waals surface area contributed by atoms with E-state index in [1.807, 2.05) is 0 Å². The molecule has 1 aromatic carbocycles. The molecule has 9 nitrogen and oxygen atoms in total. The van der Waals surface area contributed by atoms with Crippen LogP contribution >= 0.6 is 15.9 Å². The number of carbonyl (C=O) groups is 2. The van der Waals surface area contributed by atoms with Gasteiger partial charge in [0.1, 0.15) is 5.69 Å². The molecule has 3 aromatic rings. The lowest BCUT2D eigenvalue weighted by molar-refractivity contribution is -0.138. The molecule has 0 saturated carbocycles. The lowest BCUT2D eigenvalue weighted by Gasteiger charge is -2.35. The molecule has 3 heterocycles. The zero-order chi connectivity index (χ0) is 29.4. The van der Waals surface area contributed by atoms with Crippen molar-refractivity contribution in [2.75, 3.05) is 12.4 Å². The molecule has 2 N–H and O–H groups in total. The van der Waals surface area contributed by atoms with Gasteiger partial charge < -0.3 is 15.5 Å². The van der Waals surface area contributed by atoms with Crippen LogP contribution in [0.15, 0.2) is 58.5 Å². The van der Waals surface area contributed by atoms with Crippen molar-refractivity contribution in [3.63, 3.8) is 0 Å². The lowest BCUT2D eigenvalue weighted by atomic mass is 9.98. The van der Waals surface area contributed by atoms with Crippen LogP contribution in [-0.4, -0.2) is 50.4 Å². The SMILES string of the molecule is C=C[C@H](C)Nc1nc2c(c(=O)n1-c1ccc(C(=O)NC)nc1)C[C@@H](C)N(C(=O)c1ccc(Br)c(C(F)(F)F)c1)C2. The second-order valence-corrected chi connectivity index (χ2v) is 10.2. The van der Waals surface area contributed by atoms with Gasteiger partial charge in [-0.2, -0.15) is 13.2 Å². The number of alkyl halides is 3. The van der Waals surface area contributed by atoms with Crippen molar-refractivity contribution in [1.29, 1.82) is 0 Å². The number of pyridine rings is 1. The molecular weight excluding hydrogens is 593 g/mol. The number of carbonyl (C=O) groups excluding carboxylic acids is 2. The minimum absolute atomic E-state index is 0.0756. The Labute approximate surface area is 236 Å². The van der Waals surface area contributed by atoms with Gasteiger partial charge in [0.15, 0.2) is 0 Å². The van der Waals surface area contributed by atoms with Gasteiger partial charge in [-0.25, -0.2) is 14.5 Å². The standard InChI is InChI=1S/C27H26BrF3N6O3/c1-5-14(2)34-26-35-22-13-36(24(39)16-6-8-20(28)19(11-16)27(29,30)31)15(3)10-18(22)25(40)37(26)17-7-9-21(33-12-17)23(38)32-4/h5-9,11-12,14-15H,1,10,13H2,2-4H3,(H,32,38)(H,34,35)/t14-,15+/m0/s1. The van der Waals surface area contributed by atoms with Crippen LogP contribution in [-0.2, 0) is 19.1 Å². The van der Waals surface area contributed by atoms with Crippen molar-refractivity contribution in [2.45, 2.75) is 45.1 Å². The highest BCUT2D eigenvalue weighted by Gasteiger charge is 2.36. The number of amides is 2. The van der Waals surface area contributed by atoms with Gasteiger partial charge in [-0.3, -0.25) is 14.4 Å². The number of hydrogen-bond donors (Lipinski definition) is 2. The summed E-state index contributed by atoms with van der Waals surface area (Å²) in [5, 5.41) is 5.59. The molecule has 0 fully saturated rings. The van der Waals surface area contributed by atoms with Gasteiger partial charge in [0, 0.05) is 34.7 Å². The molecule has 0 radical (unpaired) electrons. The highest BCUT2D eigenvalue weighted by Crippen LogP contribution is 2.36. The van der Waals surface area contributed by atoms with Crippen LogP contribution in [0, 0.1) is 0 Å². The Balaban J connectivity index is 1.76. The Morgan fingerprint density at radius 2 is 1.98 bits per heavy atom. The summed E-state index contributed by atoms with van der Waals surface area (Å²) in [5.41, 5.74) is -0.230. The molecule has 4 rings (SSSR count). The minimum atomic E-state index is -4.64. The minimum Gasteiger partial charge on any atom is -0.354 e. The molecule has 0 unspecified atom stereocenters. The Hall–Kier alpha value is -4.00. The largest absolute Gasteiger partial charge is 0.417 e. The molecule has 2 amide bonds. The number of anilines is 1. The van der Waals surface area contributed by atoms with Gasteiger partial charge in [-0.1, -0.05) is 22.0 Å². The fourth-order valence-electron chi connectivity index (χ4n) is 4.35. The summed E-state index contributed by atoms with van der Waals surface area (Å²) in [6.45, 7) is 7.20. The first-order valence-corrected chi connectivity index (χ1v) is 13.0. The summed E-state index contributed by atoms with van der Waals surface area (Å²) in [7, 11) is 1.48. The first-order valence-electron chi connectivity index (χ1n) is 12.3. The van der Waals surface area contributed by atoms with E-state index in [2.05, 4.69) is 43.1 Å². The molecule has 0 spiro atoms. The molecule has 2 atom stereocenters. The molecule has 40 heavy (non-hydrogen) atoms. The maximum atomic E-state index is 13.8. The molecular formula is C27H26BrF3N6O3. The van der Waals surface area contributed by atoms with E-state index in [0.717, 1.165) is 6.07 Å². The van der Waals surface area contributed by atoms with E-state index in [1.54, 1.807) is 26.0 Å². The number of rotatable bonds is 6. The summed E-state index contributed by atoms with van der Waals surface area (Å²) in [6.07, 6.45) is -1.50. The van der Waals surface area contributed by atoms with Crippen molar-refractivity contribution in [1.82, 2.24) is 24.8 Å². The number of nitrogens with one attached hydrogen (secondary N) is 2. The molecule has 13 heteroatoms. The molecule has 0 bridgehead atoms. The van der Waals surface area contributed by atoms with Gasteiger partial charge in [0.25, 0.3) is 17.4 Å². The van der Waals surface area contributed by atoms with Crippen molar-refractivity contribution >= 4 is 33.7 Å². The fraction of sp³-hybridized carbons (Fsp3) is 0.296. The zero-order valence-electron chi connectivity index (χ0n) is 21.8. The van der Waals surface area contributed by atoms with Crippen LogP contribution in [0.1, 0.15) is 51.5 Å². The molecule has 1 aliphatic heterocycles. The Bertz CT molecular complexity index is 1540. The molecule has 0 aliphatic carbocycles. The first kappa shape index (κ1) is 29.0. The summed E-state index contributed by atoms with van der Waals surface area (Å²) >= 11 is 2.90. The van der Waals surface area contributed by atoms with Crippen molar-refractivity contribution in [2.24, 2.45) is 0 Å². The van der Waals surface area contributed by atoms with Crippen molar-refractivity contribution < 1.29 is 22.8 Å². The summed E-state index contributed by atoms with van der Waals surface area (Å²) in [4.78, 5) is 49.3. The average Bonchev–Trinajstić information content (AvgIpc) is 2.92. The van der Waals surface area contributed by atoms with E-state index in [0.29, 0.717) is 16.9 Å². The van der Waals surface area contributed by atoms with Gasteiger partial charge in [0.2, 0.25) is 5.95 Å². The van der Waals surface area contributed by atoms with E-state index < -0.39 is 23.7 Å². The Morgan fingerprint density at radius 3 is 2.58 bits per heavy atom. The maximum Gasteiger partial charge on any atom is 0.417 e. The fourth-order valence-corrected chi connectivity index (χ4v) is 4.82. The van der Waals surface area contributed by atoms with Gasteiger partial charge in [-0.15, -0.1) is 6.58 Å². The van der Waals surface area contributed by atoms with E-state index in [-0.39, 0.29) is 52.2 Å². The van der Waals surface area contributed by atoms with Crippen molar-refractivity contribution in [3.05, 3.63) is 92.1 Å². The number of benzene rings is 1. The number of hydrogen-bond acceptors (Lipinski definition) is 6. The zero-order valence-corrected chi connectivity index (χ0v) is 23.4. The molecule has 0 saturated heterocycles. The number of fused-ring (bicyclic) bond motifs is 1. The molecule has 210 valence electrons. The van der Waals surface area contributed by atoms with E-state index >= 15 is 0 Å².